The minimum absolute atomic E-state index is 0.775. The fourth-order valence-corrected chi connectivity index (χ4v) is 5.51. The minimum Gasteiger partial charge on any atom is -0.493 e. The van der Waals surface area contributed by atoms with Gasteiger partial charge >= 0.3 is 0 Å². The van der Waals surface area contributed by atoms with Gasteiger partial charge in [-0.2, -0.15) is 0 Å². The molecule has 0 unspecified atom stereocenters. The van der Waals surface area contributed by atoms with E-state index in [1.165, 1.54) is 29.9 Å². The predicted molar refractivity (Wildman–Crippen MR) is 111 cm³/mol. The van der Waals surface area contributed by atoms with Crippen molar-refractivity contribution >= 4 is 23.5 Å². The van der Waals surface area contributed by atoms with Crippen LogP contribution in [0, 0.1) is 11.8 Å². The van der Waals surface area contributed by atoms with E-state index in [2.05, 4.69) is 52.8 Å². The van der Waals surface area contributed by atoms with E-state index in [-0.39, 0.29) is 0 Å². The largest absolute Gasteiger partial charge is 0.493 e. The maximum Gasteiger partial charge on any atom is 0.160 e. The van der Waals surface area contributed by atoms with Crippen LogP contribution in [0.3, 0.4) is 0 Å². The van der Waals surface area contributed by atoms with Crippen LogP contribution in [0.4, 0.5) is 0 Å². The number of benzene rings is 1. The second kappa shape index (κ2) is 12.4. The Bertz CT molecular complexity index is 563. The third kappa shape index (κ3) is 7.85. The first kappa shape index (κ1) is 20.4. The van der Waals surface area contributed by atoms with Crippen LogP contribution >= 0.6 is 23.5 Å². The maximum absolute atomic E-state index is 5.34. The smallest absolute Gasteiger partial charge is 0.160 e. The second-order valence-electron chi connectivity index (χ2n) is 5.89. The lowest BCUT2D eigenvalue weighted by atomic mass is 10.1. The predicted octanol–water partition coefficient (Wildman–Crippen LogP) is 4.21. The highest BCUT2D eigenvalue weighted by atomic mass is 32.2. The van der Waals surface area contributed by atoms with Crippen molar-refractivity contribution in [1.29, 1.82) is 0 Å². The molecule has 0 aromatic heterocycles. The third-order valence-corrected chi connectivity index (χ3v) is 7.09. The van der Waals surface area contributed by atoms with E-state index in [4.69, 9.17) is 9.47 Å². The first-order valence-electron chi connectivity index (χ1n) is 8.94. The van der Waals surface area contributed by atoms with Crippen molar-refractivity contribution in [1.82, 2.24) is 5.32 Å². The van der Waals surface area contributed by atoms with E-state index in [1.54, 1.807) is 14.2 Å². The third-order valence-electron chi connectivity index (χ3n) is 4.01. The summed E-state index contributed by atoms with van der Waals surface area (Å²) in [7, 11) is 3.34. The van der Waals surface area contributed by atoms with Crippen molar-refractivity contribution in [2.24, 2.45) is 0 Å². The normalized spacial score (nSPS) is 14.6. The van der Waals surface area contributed by atoms with Crippen LogP contribution in [-0.4, -0.2) is 43.4 Å². The molecular formula is C20H29NO2S2. The fourth-order valence-electron chi connectivity index (χ4n) is 2.65. The van der Waals surface area contributed by atoms with Gasteiger partial charge in [0.2, 0.25) is 0 Å². The van der Waals surface area contributed by atoms with Crippen LogP contribution in [0.25, 0.3) is 0 Å². The zero-order chi connectivity index (χ0) is 17.7. The monoisotopic (exact) mass is 379 g/mol. The van der Waals surface area contributed by atoms with Gasteiger partial charge in [-0.05, 0) is 61.4 Å². The van der Waals surface area contributed by atoms with Crippen molar-refractivity contribution in [2.45, 2.75) is 36.7 Å². The summed E-state index contributed by atoms with van der Waals surface area (Å²) < 4.78 is 11.4. The molecule has 0 atom stereocenters. The molecule has 1 heterocycles. The van der Waals surface area contributed by atoms with Gasteiger partial charge in [0.15, 0.2) is 11.5 Å². The molecule has 25 heavy (non-hydrogen) atoms. The Kier molecular flexibility index (Phi) is 10.1. The van der Waals surface area contributed by atoms with E-state index in [0.717, 1.165) is 48.4 Å². The van der Waals surface area contributed by atoms with Crippen LogP contribution in [0.1, 0.15) is 31.2 Å². The number of thioether (sulfide) groups is 2. The summed E-state index contributed by atoms with van der Waals surface area (Å²) in [6, 6.07) is 6.12. The van der Waals surface area contributed by atoms with Crippen molar-refractivity contribution < 1.29 is 9.47 Å². The molecule has 1 aliphatic rings. The number of nitrogens with one attached hydrogen (secondary N) is 1. The molecule has 5 heteroatoms. The lowest BCUT2D eigenvalue weighted by Crippen LogP contribution is -2.16. The molecule has 1 aliphatic heterocycles. The Morgan fingerprint density at radius 3 is 2.68 bits per heavy atom. The number of hydrogen-bond donors (Lipinski definition) is 1. The Morgan fingerprint density at radius 1 is 1.12 bits per heavy atom. The lowest BCUT2D eigenvalue weighted by Gasteiger charge is -2.19. The molecule has 0 saturated carbocycles. The van der Waals surface area contributed by atoms with Crippen molar-refractivity contribution in [3.63, 3.8) is 0 Å². The second-order valence-corrected chi connectivity index (χ2v) is 8.81. The molecule has 1 aromatic rings. The average molecular weight is 380 g/mol. The molecule has 0 bridgehead atoms. The van der Waals surface area contributed by atoms with Crippen molar-refractivity contribution in [3.05, 3.63) is 23.8 Å². The van der Waals surface area contributed by atoms with Gasteiger partial charge in [0.25, 0.3) is 0 Å². The molecule has 3 nitrogen and oxygen atoms in total. The number of aryl methyl sites for hydroxylation is 1. The minimum atomic E-state index is 0.775. The topological polar surface area (TPSA) is 30.5 Å². The molecule has 0 spiro atoms. The van der Waals surface area contributed by atoms with Crippen LogP contribution in [0.15, 0.2) is 18.2 Å². The van der Waals surface area contributed by atoms with Crippen molar-refractivity contribution in [3.8, 4) is 23.3 Å². The zero-order valence-corrected chi connectivity index (χ0v) is 16.9. The number of ether oxygens (including phenoxy) is 2. The standard InChI is InChI=1S/C20H29NO2S2/c1-22-18-11-10-17(16-19(18)23-2)8-6-13-21-12-5-3-4-9-20-24-14-7-15-25-20/h10-11,16,20-21H,4,6-9,12-15H2,1-2H3. The highest BCUT2D eigenvalue weighted by Crippen LogP contribution is 2.33. The van der Waals surface area contributed by atoms with Crippen molar-refractivity contribution in [2.75, 3.05) is 38.8 Å². The van der Waals surface area contributed by atoms with Crippen LogP contribution < -0.4 is 14.8 Å². The van der Waals surface area contributed by atoms with Gasteiger partial charge in [0.1, 0.15) is 0 Å². The molecule has 1 aromatic carbocycles. The van der Waals surface area contributed by atoms with Crippen LogP contribution in [0.2, 0.25) is 0 Å². The summed E-state index contributed by atoms with van der Waals surface area (Å²) in [5, 5.41) is 3.41. The highest BCUT2D eigenvalue weighted by Gasteiger charge is 2.12. The van der Waals surface area contributed by atoms with E-state index in [9.17, 15) is 0 Å². The molecular weight excluding hydrogens is 350 g/mol. The fraction of sp³-hybridized carbons (Fsp3) is 0.600. The zero-order valence-electron chi connectivity index (χ0n) is 15.3. The molecule has 0 amide bonds. The molecule has 138 valence electrons. The van der Waals surface area contributed by atoms with Gasteiger partial charge in [0.05, 0.1) is 25.3 Å². The van der Waals surface area contributed by atoms with Gasteiger partial charge in [-0.1, -0.05) is 12.0 Å². The molecule has 0 aliphatic carbocycles. The molecule has 0 radical (unpaired) electrons. The summed E-state index contributed by atoms with van der Waals surface area (Å²) >= 11 is 4.21. The molecule has 1 fully saturated rings. The Morgan fingerprint density at radius 2 is 1.92 bits per heavy atom. The van der Waals surface area contributed by atoms with E-state index < -0.39 is 0 Å². The quantitative estimate of drug-likeness (QED) is 0.513. The summed E-state index contributed by atoms with van der Waals surface area (Å²) in [4.78, 5) is 0. The number of rotatable bonds is 9. The SMILES string of the molecule is COc1ccc(CCCNCC#CCCC2SCCCS2)cc1OC. The summed E-state index contributed by atoms with van der Waals surface area (Å²) in [6.07, 6.45) is 5.73. The molecule has 1 saturated heterocycles. The van der Waals surface area contributed by atoms with E-state index in [1.807, 2.05) is 6.07 Å². The van der Waals surface area contributed by atoms with Gasteiger partial charge in [-0.15, -0.1) is 29.4 Å². The lowest BCUT2D eigenvalue weighted by molar-refractivity contribution is 0.354. The average Bonchev–Trinajstić information content (AvgIpc) is 2.67. The Balaban J connectivity index is 1.54. The maximum atomic E-state index is 5.34. The molecule has 2 rings (SSSR count). The van der Waals surface area contributed by atoms with Gasteiger partial charge < -0.3 is 14.8 Å². The van der Waals surface area contributed by atoms with Gasteiger partial charge in [-0.25, -0.2) is 0 Å². The van der Waals surface area contributed by atoms with Crippen LogP contribution in [-0.2, 0) is 6.42 Å². The van der Waals surface area contributed by atoms with Crippen LogP contribution in [0.5, 0.6) is 11.5 Å². The number of methoxy groups -OCH3 is 2. The summed E-state index contributed by atoms with van der Waals surface area (Å²) in [5.74, 6) is 10.8. The Hall–Kier alpha value is -0.960. The first-order chi connectivity index (χ1) is 12.3. The van der Waals surface area contributed by atoms with E-state index >= 15 is 0 Å². The highest BCUT2D eigenvalue weighted by molar-refractivity contribution is 8.17. The van der Waals surface area contributed by atoms with Gasteiger partial charge in [-0.3, -0.25) is 0 Å². The first-order valence-corrected chi connectivity index (χ1v) is 11.0. The number of hydrogen-bond acceptors (Lipinski definition) is 5. The summed E-state index contributed by atoms with van der Waals surface area (Å²) in [6.45, 7) is 1.77. The summed E-state index contributed by atoms with van der Waals surface area (Å²) in [5.41, 5.74) is 1.27. The van der Waals surface area contributed by atoms with Gasteiger partial charge in [0, 0.05) is 6.42 Å². The van der Waals surface area contributed by atoms with E-state index in [0.29, 0.717) is 0 Å². The Labute approximate surface area is 161 Å². The molecule has 1 N–H and O–H groups in total.